The summed E-state index contributed by atoms with van der Waals surface area (Å²) in [7, 11) is 0. The minimum Gasteiger partial charge on any atom is -0.424 e. The zero-order valence-corrected chi connectivity index (χ0v) is 20.0. The Morgan fingerprint density at radius 1 is 1.03 bits per heavy atom. The number of nitrogens with one attached hydrogen (secondary N) is 1. The number of anilines is 1. The third-order valence-electron chi connectivity index (χ3n) is 6.89. The summed E-state index contributed by atoms with van der Waals surface area (Å²) in [5.74, 6) is 0.884. The van der Waals surface area contributed by atoms with Crippen molar-refractivity contribution in [3.8, 4) is 11.1 Å². The molecule has 1 aliphatic rings. The maximum absolute atomic E-state index is 13.0. The molecule has 9 nitrogen and oxygen atoms in total. The molecule has 9 heteroatoms. The monoisotopic (exact) mass is 481 g/mol. The number of fused-ring (bicyclic) bond motifs is 2. The van der Waals surface area contributed by atoms with Crippen molar-refractivity contribution in [2.45, 2.75) is 19.5 Å². The molecule has 0 amide bonds. The first-order valence-corrected chi connectivity index (χ1v) is 12.1. The van der Waals surface area contributed by atoms with Crippen LogP contribution in [0, 0.1) is 0 Å². The molecule has 6 rings (SSSR count). The Morgan fingerprint density at radius 3 is 2.56 bits per heavy atom. The van der Waals surface area contributed by atoms with Crippen LogP contribution in [-0.4, -0.2) is 50.8 Å². The van der Waals surface area contributed by atoms with Gasteiger partial charge >= 0.3 is 5.63 Å². The zero-order chi connectivity index (χ0) is 24.6. The third-order valence-corrected chi connectivity index (χ3v) is 6.89. The molecule has 0 aliphatic carbocycles. The van der Waals surface area contributed by atoms with E-state index in [1.165, 1.54) is 11.9 Å². The van der Waals surface area contributed by atoms with Gasteiger partial charge in [-0.1, -0.05) is 42.5 Å². The van der Waals surface area contributed by atoms with Crippen LogP contribution in [0.5, 0.6) is 0 Å². The number of nitrogens with two attached hydrogens (primary N) is 1. The average molecular weight is 482 g/mol. The predicted octanol–water partition coefficient (Wildman–Crippen LogP) is 3.20. The Bertz CT molecular complexity index is 1600. The highest BCUT2D eigenvalue weighted by atomic mass is 16.4. The minimum absolute atomic E-state index is 0.360. The van der Waals surface area contributed by atoms with E-state index in [0.29, 0.717) is 28.0 Å². The van der Waals surface area contributed by atoms with Gasteiger partial charge in [-0.3, -0.25) is 4.90 Å². The van der Waals surface area contributed by atoms with Gasteiger partial charge in [0.15, 0.2) is 5.65 Å². The van der Waals surface area contributed by atoms with Crippen molar-refractivity contribution >= 4 is 27.6 Å². The summed E-state index contributed by atoms with van der Waals surface area (Å²) in [6, 6.07) is 15.7. The molecular formula is C27H27N7O2. The van der Waals surface area contributed by atoms with Gasteiger partial charge in [0.1, 0.15) is 23.9 Å². The van der Waals surface area contributed by atoms with Crippen LogP contribution in [0.15, 0.2) is 70.3 Å². The van der Waals surface area contributed by atoms with Crippen LogP contribution in [0.1, 0.15) is 24.3 Å². The fourth-order valence-electron chi connectivity index (χ4n) is 4.99. The van der Waals surface area contributed by atoms with Gasteiger partial charge in [-0.2, -0.15) is 5.10 Å². The fraction of sp³-hybridized carbons (Fsp3) is 0.259. The third kappa shape index (κ3) is 3.92. The van der Waals surface area contributed by atoms with Crippen LogP contribution in [-0.2, 0) is 6.54 Å². The van der Waals surface area contributed by atoms with E-state index in [9.17, 15) is 4.79 Å². The van der Waals surface area contributed by atoms with E-state index < -0.39 is 6.04 Å². The standard InChI is InChI=1S/C27H27N7O2/c1-17(34-26-22(14-32-34)25(28)30-16-31-26)24-23(20-4-2-3-5-21(20)27(35)36-24)19-8-6-18(7-9-19)15-33-12-10-29-11-13-33/h2-9,14,16-17,29H,10-13,15H2,1H3,(H2,28,30,31). The highest BCUT2D eigenvalue weighted by molar-refractivity contribution is 5.97. The number of piperazine rings is 1. The molecule has 1 atom stereocenters. The van der Waals surface area contributed by atoms with Gasteiger partial charge in [0.05, 0.1) is 17.0 Å². The molecule has 4 heterocycles. The number of hydrogen-bond donors (Lipinski definition) is 2. The quantitative estimate of drug-likeness (QED) is 0.393. The lowest BCUT2D eigenvalue weighted by atomic mass is 9.95. The Balaban J connectivity index is 1.47. The maximum Gasteiger partial charge on any atom is 0.343 e. The predicted molar refractivity (Wildman–Crippen MR) is 140 cm³/mol. The summed E-state index contributed by atoms with van der Waals surface area (Å²) in [5.41, 5.74) is 9.34. The van der Waals surface area contributed by atoms with E-state index in [0.717, 1.165) is 49.2 Å². The molecule has 1 aliphatic heterocycles. The zero-order valence-electron chi connectivity index (χ0n) is 20.0. The first-order chi connectivity index (χ1) is 17.6. The Kier molecular flexibility index (Phi) is 5.71. The molecule has 1 saturated heterocycles. The largest absolute Gasteiger partial charge is 0.424 e. The lowest BCUT2D eigenvalue weighted by molar-refractivity contribution is 0.233. The molecule has 2 aromatic carbocycles. The summed E-state index contributed by atoms with van der Waals surface area (Å²) < 4.78 is 7.71. The van der Waals surface area contributed by atoms with Gasteiger partial charge in [0.2, 0.25) is 0 Å². The Morgan fingerprint density at radius 2 is 1.78 bits per heavy atom. The van der Waals surface area contributed by atoms with E-state index in [-0.39, 0.29) is 5.63 Å². The van der Waals surface area contributed by atoms with Crippen molar-refractivity contribution in [1.29, 1.82) is 0 Å². The molecule has 5 aromatic rings. The molecular weight excluding hydrogens is 454 g/mol. The van der Waals surface area contributed by atoms with Crippen LogP contribution in [0.25, 0.3) is 32.9 Å². The SMILES string of the molecule is CC(c1oc(=O)c2ccccc2c1-c1ccc(CN2CCNCC2)cc1)n1ncc2c(N)ncnc21. The average Bonchev–Trinajstić information content (AvgIpc) is 3.35. The fourth-order valence-corrected chi connectivity index (χ4v) is 4.99. The van der Waals surface area contributed by atoms with Crippen molar-refractivity contribution in [3.63, 3.8) is 0 Å². The maximum atomic E-state index is 13.0. The Hall–Kier alpha value is -4.08. The summed E-state index contributed by atoms with van der Waals surface area (Å²) in [6.07, 6.45) is 3.06. The van der Waals surface area contributed by atoms with E-state index in [4.69, 9.17) is 10.2 Å². The summed E-state index contributed by atoms with van der Waals surface area (Å²) >= 11 is 0. The second kappa shape index (κ2) is 9.18. The van der Waals surface area contributed by atoms with Crippen molar-refractivity contribution in [2.24, 2.45) is 0 Å². The molecule has 3 aromatic heterocycles. The van der Waals surface area contributed by atoms with Crippen LogP contribution in [0.3, 0.4) is 0 Å². The summed E-state index contributed by atoms with van der Waals surface area (Å²) in [6.45, 7) is 6.99. The van der Waals surface area contributed by atoms with E-state index in [2.05, 4.69) is 49.5 Å². The van der Waals surface area contributed by atoms with Crippen molar-refractivity contribution in [2.75, 3.05) is 31.9 Å². The first kappa shape index (κ1) is 22.4. The Labute approximate surface area is 207 Å². The lowest BCUT2D eigenvalue weighted by Gasteiger charge is -2.27. The van der Waals surface area contributed by atoms with Crippen LogP contribution < -0.4 is 16.7 Å². The molecule has 182 valence electrons. The van der Waals surface area contributed by atoms with Gasteiger partial charge in [0, 0.05) is 43.7 Å². The molecule has 0 radical (unpaired) electrons. The van der Waals surface area contributed by atoms with Crippen molar-refractivity contribution in [1.82, 2.24) is 30.0 Å². The van der Waals surface area contributed by atoms with Gasteiger partial charge in [0.25, 0.3) is 0 Å². The molecule has 0 spiro atoms. The van der Waals surface area contributed by atoms with Gasteiger partial charge in [-0.05, 0) is 24.1 Å². The molecule has 3 N–H and O–H groups in total. The molecule has 36 heavy (non-hydrogen) atoms. The molecule has 0 saturated carbocycles. The first-order valence-electron chi connectivity index (χ1n) is 12.1. The number of aromatic nitrogens is 4. The normalized spacial score (nSPS) is 15.5. The number of benzene rings is 2. The van der Waals surface area contributed by atoms with Crippen LogP contribution >= 0.6 is 0 Å². The smallest absolute Gasteiger partial charge is 0.343 e. The van der Waals surface area contributed by atoms with Crippen molar-refractivity contribution < 1.29 is 4.42 Å². The summed E-state index contributed by atoms with van der Waals surface area (Å²) in [4.78, 5) is 23.9. The number of nitrogen functional groups attached to an aromatic ring is 1. The number of rotatable bonds is 5. The lowest BCUT2D eigenvalue weighted by Crippen LogP contribution is -2.42. The molecule has 1 unspecified atom stereocenters. The van der Waals surface area contributed by atoms with Gasteiger partial charge in [-0.25, -0.2) is 19.4 Å². The van der Waals surface area contributed by atoms with Crippen LogP contribution in [0.4, 0.5) is 5.82 Å². The number of nitrogens with zero attached hydrogens (tertiary/aromatic N) is 5. The summed E-state index contributed by atoms with van der Waals surface area (Å²) in [5, 5.41) is 9.96. The van der Waals surface area contributed by atoms with Gasteiger partial charge < -0.3 is 15.5 Å². The molecule has 0 bridgehead atoms. The molecule has 1 fully saturated rings. The van der Waals surface area contributed by atoms with E-state index >= 15 is 0 Å². The highest BCUT2D eigenvalue weighted by Crippen LogP contribution is 2.36. The second-order valence-electron chi connectivity index (χ2n) is 9.16. The highest BCUT2D eigenvalue weighted by Gasteiger charge is 2.24. The van der Waals surface area contributed by atoms with Crippen LogP contribution in [0.2, 0.25) is 0 Å². The topological polar surface area (TPSA) is 115 Å². The van der Waals surface area contributed by atoms with E-state index in [1.807, 2.05) is 25.1 Å². The minimum atomic E-state index is -0.412. The van der Waals surface area contributed by atoms with E-state index in [1.54, 1.807) is 16.9 Å². The van der Waals surface area contributed by atoms with Crippen molar-refractivity contribution in [3.05, 3.63) is 82.8 Å². The van der Waals surface area contributed by atoms with Gasteiger partial charge in [-0.15, -0.1) is 0 Å². The number of hydrogen-bond acceptors (Lipinski definition) is 8. The second-order valence-corrected chi connectivity index (χ2v) is 9.16.